The van der Waals surface area contributed by atoms with Crippen LogP contribution < -0.4 is 20.1 Å². The van der Waals surface area contributed by atoms with Gasteiger partial charge in [0.05, 0.1) is 12.0 Å². The van der Waals surface area contributed by atoms with Crippen molar-refractivity contribution in [1.29, 1.82) is 0 Å². The van der Waals surface area contributed by atoms with Gasteiger partial charge in [-0.15, -0.1) is 0 Å². The number of sulfonamides is 1. The van der Waals surface area contributed by atoms with Crippen LogP contribution in [0.25, 0.3) is 0 Å². The zero-order valence-corrected chi connectivity index (χ0v) is 15.6. The van der Waals surface area contributed by atoms with E-state index in [4.69, 9.17) is 4.74 Å². The molecule has 3 N–H and O–H groups in total. The number of benzene rings is 2. The van der Waals surface area contributed by atoms with Crippen LogP contribution in [0.1, 0.15) is 0 Å². The molecule has 2 aromatic carbocycles. The zero-order valence-electron chi connectivity index (χ0n) is 14.8. The first-order valence-electron chi connectivity index (χ1n) is 8.04. The van der Waals surface area contributed by atoms with Crippen LogP contribution in [0.2, 0.25) is 0 Å². The summed E-state index contributed by atoms with van der Waals surface area (Å²) in [6, 6.07) is 15.6. The van der Waals surface area contributed by atoms with Gasteiger partial charge >= 0.3 is 0 Å². The highest BCUT2D eigenvalue weighted by atomic mass is 32.2. The summed E-state index contributed by atoms with van der Waals surface area (Å²) < 4.78 is 31.4. The van der Waals surface area contributed by atoms with E-state index in [2.05, 4.69) is 25.3 Å². The second-order valence-corrected chi connectivity index (χ2v) is 7.39. The standard InChI is InChI=1S/C18H19N5O3S/c1-19-27(24,25)16-8-4-6-14(10-16)23-18-11-17(20-12-21-18)22-13-5-3-7-15(9-13)26-2/h3-12,19H,1-2H3,(H2,20,21,22,23). The van der Waals surface area contributed by atoms with Gasteiger partial charge in [0, 0.05) is 23.5 Å². The van der Waals surface area contributed by atoms with E-state index in [1.807, 2.05) is 24.3 Å². The molecule has 0 saturated carbocycles. The molecule has 9 heteroatoms. The molecule has 0 radical (unpaired) electrons. The lowest BCUT2D eigenvalue weighted by Crippen LogP contribution is -2.18. The van der Waals surface area contributed by atoms with Crippen molar-refractivity contribution >= 4 is 33.0 Å². The lowest BCUT2D eigenvalue weighted by molar-refractivity contribution is 0.415. The molecule has 0 atom stereocenters. The molecule has 0 fully saturated rings. The van der Waals surface area contributed by atoms with Crippen molar-refractivity contribution in [3.8, 4) is 5.75 Å². The second kappa shape index (κ2) is 8.02. The number of nitrogens with zero attached hydrogens (tertiary/aromatic N) is 2. The molecule has 0 aliphatic heterocycles. The average Bonchev–Trinajstić information content (AvgIpc) is 2.68. The van der Waals surface area contributed by atoms with Crippen LogP contribution in [-0.4, -0.2) is 32.5 Å². The maximum absolute atomic E-state index is 11.9. The molecular weight excluding hydrogens is 366 g/mol. The van der Waals surface area contributed by atoms with E-state index in [1.165, 1.54) is 25.5 Å². The third kappa shape index (κ3) is 4.72. The van der Waals surface area contributed by atoms with Gasteiger partial charge in [0.1, 0.15) is 23.7 Å². The van der Waals surface area contributed by atoms with Gasteiger partial charge in [0.15, 0.2) is 0 Å². The molecule has 27 heavy (non-hydrogen) atoms. The Hall–Kier alpha value is -3.17. The minimum atomic E-state index is -3.52. The molecule has 140 valence electrons. The molecule has 0 bridgehead atoms. The van der Waals surface area contributed by atoms with Crippen LogP contribution in [0.15, 0.2) is 65.8 Å². The number of ether oxygens (including phenoxy) is 1. The average molecular weight is 385 g/mol. The number of anilines is 4. The number of hydrogen-bond donors (Lipinski definition) is 3. The van der Waals surface area contributed by atoms with Crippen molar-refractivity contribution in [3.05, 3.63) is 60.9 Å². The summed E-state index contributed by atoms with van der Waals surface area (Å²) in [5, 5.41) is 6.25. The Labute approximate surface area is 157 Å². The molecule has 8 nitrogen and oxygen atoms in total. The fourth-order valence-electron chi connectivity index (χ4n) is 2.35. The summed E-state index contributed by atoms with van der Waals surface area (Å²) in [6.07, 6.45) is 1.42. The highest BCUT2D eigenvalue weighted by molar-refractivity contribution is 7.89. The topological polar surface area (TPSA) is 105 Å². The number of nitrogens with one attached hydrogen (secondary N) is 3. The number of rotatable bonds is 7. The fraction of sp³-hybridized carbons (Fsp3) is 0.111. The highest BCUT2D eigenvalue weighted by Crippen LogP contribution is 2.23. The highest BCUT2D eigenvalue weighted by Gasteiger charge is 2.11. The minimum absolute atomic E-state index is 0.166. The van der Waals surface area contributed by atoms with Crippen molar-refractivity contribution in [2.45, 2.75) is 4.90 Å². The minimum Gasteiger partial charge on any atom is -0.497 e. The Morgan fingerprint density at radius 1 is 0.889 bits per heavy atom. The monoisotopic (exact) mass is 385 g/mol. The van der Waals surface area contributed by atoms with Crippen molar-refractivity contribution in [1.82, 2.24) is 14.7 Å². The van der Waals surface area contributed by atoms with E-state index >= 15 is 0 Å². The van der Waals surface area contributed by atoms with Crippen LogP contribution >= 0.6 is 0 Å². The second-order valence-electron chi connectivity index (χ2n) is 5.51. The molecule has 0 aliphatic carbocycles. The molecule has 0 saturated heterocycles. The Bertz CT molecular complexity index is 1040. The predicted octanol–water partition coefficient (Wildman–Crippen LogP) is 2.88. The first-order chi connectivity index (χ1) is 13.0. The molecular formula is C18H19N5O3S. The van der Waals surface area contributed by atoms with E-state index < -0.39 is 10.0 Å². The van der Waals surface area contributed by atoms with Gasteiger partial charge in [0.25, 0.3) is 0 Å². The summed E-state index contributed by atoms with van der Waals surface area (Å²) in [6.45, 7) is 0. The zero-order chi connectivity index (χ0) is 19.3. The molecule has 1 heterocycles. The molecule has 3 rings (SSSR count). The van der Waals surface area contributed by atoms with E-state index in [9.17, 15) is 8.42 Å². The molecule has 0 amide bonds. The van der Waals surface area contributed by atoms with E-state index in [0.29, 0.717) is 17.3 Å². The predicted molar refractivity (Wildman–Crippen MR) is 104 cm³/mol. The number of aromatic nitrogens is 2. The Kier molecular flexibility index (Phi) is 5.53. The van der Waals surface area contributed by atoms with Crippen molar-refractivity contribution in [3.63, 3.8) is 0 Å². The van der Waals surface area contributed by atoms with E-state index in [-0.39, 0.29) is 4.90 Å². The van der Waals surface area contributed by atoms with Gasteiger partial charge in [-0.2, -0.15) is 0 Å². The lowest BCUT2D eigenvalue weighted by atomic mass is 10.3. The quantitative estimate of drug-likeness (QED) is 0.574. The van der Waals surface area contributed by atoms with Crippen molar-refractivity contribution in [2.75, 3.05) is 24.8 Å². The summed E-state index contributed by atoms with van der Waals surface area (Å²) in [5.41, 5.74) is 1.42. The van der Waals surface area contributed by atoms with Gasteiger partial charge < -0.3 is 15.4 Å². The van der Waals surface area contributed by atoms with E-state index in [0.717, 1.165) is 11.4 Å². The third-order valence-corrected chi connectivity index (χ3v) is 5.11. The van der Waals surface area contributed by atoms with Crippen molar-refractivity contribution in [2.24, 2.45) is 0 Å². The largest absolute Gasteiger partial charge is 0.497 e. The Morgan fingerprint density at radius 3 is 2.15 bits per heavy atom. The van der Waals surface area contributed by atoms with Crippen molar-refractivity contribution < 1.29 is 13.2 Å². The molecule has 0 aliphatic rings. The molecule has 0 unspecified atom stereocenters. The number of methoxy groups -OCH3 is 1. The molecule has 3 aromatic rings. The maximum atomic E-state index is 11.9. The summed E-state index contributed by atoms with van der Waals surface area (Å²) in [7, 11) is -0.539. The van der Waals surface area contributed by atoms with Gasteiger partial charge in [-0.1, -0.05) is 12.1 Å². The van der Waals surface area contributed by atoms with E-state index in [1.54, 1.807) is 25.3 Å². The van der Waals surface area contributed by atoms with Gasteiger partial charge in [0.2, 0.25) is 10.0 Å². The van der Waals surface area contributed by atoms with Crippen LogP contribution in [-0.2, 0) is 10.0 Å². The third-order valence-electron chi connectivity index (χ3n) is 3.69. The molecule has 1 aromatic heterocycles. The van der Waals surface area contributed by atoms with Crippen LogP contribution in [0, 0.1) is 0 Å². The van der Waals surface area contributed by atoms with Gasteiger partial charge in [-0.3, -0.25) is 0 Å². The van der Waals surface area contributed by atoms with Gasteiger partial charge in [-0.25, -0.2) is 23.1 Å². The normalized spacial score (nSPS) is 11.0. The Balaban J connectivity index is 1.79. The number of hydrogen-bond acceptors (Lipinski definition) is 7. The van der Waals surface area contributed by atoms with Crippen LogP contribution in [0.4, 0.5) is 23.0 Å². The Morgan fingerprint density at radius 2 is 1.52 bits per heavy atom. The maximum Gasteiger partial charge on any atom is 0.240 e. The first-order valence-corrected chi connectivity index (χ1v) is 9.52. The molecule has 0 spiro atoms. The fourth-order valence-corrected chi connectivity index (χ4v) is 3.13. The SMILES string of the molecule is CNS(=O)(=O)c1cccc(Nc2cc(Nc3cccc(OC)c3)ncn2)c1. The summed E-state index contributed by atoms with van der Waals surface area (Å²) >= 11 is 0. The summed E-state index contributed by atoms with van der Waals surface area (Å²) in [4.78, 5) is 8.53. The van der Waals surface area contributed by atoms with Gasteiger partial charge in [-0.05, 0) is 37.4 Å². The van der Waals surface area contributed by atoms with Crippen LogP contribution in [0.3, 0.4) is 0 Å². The lowest BCUT2D eigenvalue weighted by Gasteiger charge is -2.10. The summed E-state index contributed by atoms with van der Waals surface area (Å²) in [5.74, 6) is 1.84. The smallest absolute Gasteiger partial charge is 0.240 e. The van der Waals surface area contributed by atoms with Crippen LogP contribution in [0.5, 0.6) is 5.75 Å². The first kappa shape index (κ1) is 18.6.